The molecule has 256 valence electrons. The Bertz CT molecular complexity index is 936. The van der Waals surface area contributed by atoms with Gasteiger partial charge in [-0.1, -0.05) is 11.6 Å². The summed E-state index contributed by atoms with van der Waals surface area (Å²) in [5.41, 5.74) is 0.752. The molecule has 0 aliphatic carbocycles. The molecule has 1 aromatic carbocycles. The minimum absolute atomic E-state index is 0.0817. The number of carboxylic acids is 1. The molecule has 0 unspecified atom stereocenters. The minimum Gasteiger partial charge on any atom is -0.480 e. The van der Waals surface area contributed by atoms with E-state index < -0.39 is 53.4 Å². The fraction of sp³-hybridized carbons (Fsp3) is 0.125. The van der Waals surface area contributed by atoms with Gasteiger partial charge in [0.1, 0.15) is 6.54 Å². The van der Waals surface area contributed by atoms with Gasteiger partial charge in [0.2, 0.25) is 0 Å². The van der Waals surface area contributed by atoms with Gasteiger partial charge in [0.05, 0.1) is 0 Å². The number of hydrogen-bond donors (Lipinski definition) is 14. The maximum atomic E-state index is 10.4. The minimum atomic E-state index is -5.14. The van der Waals surface area contributed by atoms with Crippen molar-refractivity contribution in [3.8, 4) is 0 Å². The standard InChI is InChI=1S/C8H8ClNO2.6FH2O3P/c9-6-1-3-7(4-2-6)10-5-8(11)12;6*1-5(2,3)4/h1-4,10H,5H2,(H,11,12);6*(H2,2,3,4). The van der Waals surface area contributed by atoms with Gasteiger partial charge >= 0.3 is 53.4 Å². The van der Waals surface area contributed by atoms with E-state index in [0.29, 0.717) is 5.02 Å². The van der Waals surface area contributed by atoms with Crippen LogP contribution >= 0.6 is 59.0 Å². The molecule has 0 spiro atoms. The Morgan fingerprint density at radius 2 is 0.714 bits per heavy atom. The summed E-state index contributed by atoms with van der Waals surface area (Å²) in [5, 5.41) is 11.7. The van der Waals surface area contributed by atoms with Gasteiger partial charge in [0.15, 0.2) is 0 Å². The van der Waals surface area contributed by atoms with Crippen molar-refractivity contribution in [2.75, 3.05) is 11.9 Å². The summed E-state index contributed by atoms with van der Waals surface area (Å²) in [7, 11) is -30.8. The van der Waals surface area contributed by atoms with Crippen LogP contribution in [0.4, 0.5) is 30.9 Å². The van der Waals surface area contributed by atoms with Crippen molar-refractivity contribution < 1.29 is 121 Å². The normalized spacial score (nSPS) is 11.1. The number of carboxylic acid groups (broad SMARTS) is 1. The lowest BCUT2D eigenvalue weighted by atomic mass is 10.3. The molecule has 1 aromatic rings. The van der Waals surface area contributed by atoms with E-state index in [1.807, 2.05) is 0 Å². The first-order chi connectivity index (χ1) is 17.7. The van der Waals surface area contributed by atoms with Gasteiger partial charge < -0.3 is 10.4 Å². The third-order valence-electron chi connectivity index (χ3n) is 1.29. The van der Waals surface area contributed by atoms with Crippen LogP contribution in [0.15, 0.2) is 24.3 Å². The maximum absolute atomic E-state index is 10.4. The van der Waals surface area contributed by atoms with Crippen LogP contribution in [-0.2, 0) is 32.2 Å². The third kappa shape index (κ3) is 283. The zero-order valence-corrected chi connectivity index (χ0v) is 25.1. The molecular weight excluding hydrogens is 765 g/mol. The van der Waals surface area contributed by atoms with Crippen LogP contribution in [0.25, 0.3) is 0 Å². The molecule has 1 rings (SSSR count). The highest BCUT2D eigenvalue weighted by atomic mass is 35.5. The van der Waals surface area contributed by atoms with E-state index >= 15 is 0 Å². The van der Waals surface area contributed by atoms with Crippen LogP contribution in [0.3, 0.4) is 0 Å². The van der Waals surface area contributed by atoms with Crippen LogP contribution in [-0.4, -0.2) is 76.3 Å². The van der Waals surface area contributed by atoms with E-state index in [-0.39, 0.29) is 6.54 Å². The summed E-state index contributed by atoms with van der Waals surface area (Å²) < 4.78 is 114. The second-order valence-corrected chi connectivity index (χ2v) is 11.2. The summed E-state index contributed by atoms with van der Waals surface area (Å²) in [4.78, 5) is 93.7. The molecule has 0 bridgehead atoms. The number of carbonyl (C=O) groups is 1. The van der Waals surface area contributed by atoms with Crippen molar-refractivity contribution in [2.24, 2.45) is 0 Å². The number of nitrogens with one attached hydrogen (secondary N) is 1. The molecule has 0 atom stereocenters. The molecule has 0 aliphatic heterocycles. The number of halogens is 7. The highest BCUT2D eigenvalue weighted by Gasteiger charge is 2.07. The lowest BCUT2D eigenvalue weighted by Gasteiger charge is -2.01. The van der Waals surface area contributed by atoms with Crippen molar-refractivity contribution in [3.05, 3.63) is 29.3 Å². The van der Waals surface area contributed by atoms with E-state index in [1.54, 1.807) is 24.3 Å². The molecule has 0 heterocycles. The molecule has 0 amide bonds. The van der Waals surface area contributed by atoms with Crippen molar-refractivity contribution in [2.45, 2.75) is 0 Å². The zero-order valence-electron chi connectivity index (χ0n) is 19.0. The Labute approximate surface area is 233 Å². The van der Waals surface area contributed by atoms with E-state index in [9.17, 15) is 30.0 Å². The highest BCUT2D eigenvalue weighted by molar-refractivity contribution is 7.46. The van der Waals surface area contributed by atoms with Gasteiger partial charge in [0, 0.05) is 10.7 Å². The smallest absolute Gasteiger partial charge is 0.480 e. The second kappa shape index (κ2) is 24.6. The average Bonchev–Trinajstić information content (AvgIpc) is 2.52. The van der Waals surface area contributed by atoms with Crippen LogP contribution in [0.2, 0.25) is 5.02 Å². The Kier molecular flexibility index (Phi) is 31.5. The molecule has 21 nitrogen and oxygen atoms in total. The molecular formula is C8H20ClF6NO20P6. The summed E-state index contributed by atoms with van der Waals surface area (Å²) in [6, 6.07) is 6.86. The summed E-state index contributed by atoms with van der Waals surface area (Å²) >= 11 is 5.63. The first kappa shape index (κ1) is 53.8. The van der Waals surface area contributed by atoms with Crippen molar-refractivity contribution in [1.29, 1.82) is 0 Å². The quantitative estimate of drug-likeness (QED) is 0.154. The lowest BCUT2D eigenvalue weighted by molar-refractivity contribution is -0.134. The summed E-state index contributed by atoms with van der Waals surface area (Å²) in [5.74, 6) is -0.884. The van der Waals surface area contributed by atoms with E-state index in [0.717, 1.165) is 5.69 Å². The van der Waals surface area contributed by atoms with Gasteiger partial charge in [-0.15, -0.1) is 25.2 Å². The van der Waals surface area contributed by atoms with Crippen molar-refractivity contribution in [1.82, 2.24) is 0 Å². The fourth-order valence-corrected chi connectivity index (χ4v) is 0.871. The number of hydrogen-bond acceptors (Lipinski definition) is 8. The Morgan fingerprint density at radius 3 is 0.857 bits per heavy atom. The van der Waals surface area contributed by atoms with Gasteiger partial charge in [-0.3, -0.25) is 63.5 Å². The van der Waals surface area contributed by atoms with E-state index in [4.69, 9.17) is 103 Å². The molecule has 0 saturated heterocycles. The van der Waals surface area contributed by atoms with Gasteiger partial charge in [0.25, 0.3) is 0 Å². The van der Waals surface area contributed by atoms with Crippen LogP contribution < -0.4 is 5.32 Å². The molecule has 0 saturated carbocycles. The van der Waals surface area contributed by atoms with Crippen LogP contribution in [0.1, 0.15) is 0 Å². The number of rotatable bonds is 3. The van der Waals surface area contributed by atoms with Crippen LogP contribution in [0.5, 0.6) is 0 Å². The van der Waals surface area contributed by atoms with Gasteiger partial charge in [-0.05, 0) is 24.3 Å². The van der Waals surface area contributed by atoms with Crippen molar-refractivity contribution >= 4 is 70.7 Å². The van der Waals surface area contributed by atoms with Crippen molar-refractivity contribution in [3.63, 3.8) is 0 Å². The third-order valence-corrected chi connectivity index (χ3v) is 1.54. The van der Waals surface area contributed by atoms with Gasteiger partial charge in [-0.2, -0.15) is 0 Å². The summed E-state index contributed by atoms with van der Waals surface area (Å²) in [6.07, 6.45) is 0. The number of aliphatic carboxylic acids is 1. The molecule has 42 heavy (non-hydrogen) atoms. The van der Waals surface area contributed by atoms with E-state index in [1.165, 1.54) is 0 Å². The first-order valence-corrected chi connectivity index (χ1v) is 17.3. The molecule has 34 heteroatoms. The second-order valence-electron chi connectivity index (χ2n) is 5.09. The highest BCUT2D eigenvalue weighted by Crippen LogP contribution is 2.37. The lowest BCUT2D eigenvalue weighted by Crippen LogP contribution is -2.11. The number of anilines is 1. The average molecular weight is 786 g/mol. The largest absolute Gasteiger partial charge is 0.507 e. The topological polar surface area (TPSA) is 395 Å². The predicted octanol–water partition coefficient (Wildman–Crippen LogP) is 2.13. The van der Waals surface area contributed by atoms with Gasteiger partial charge in [-0.25, -0.2) is 27.4 Å². The first-order valence-electron chi connectivity index (χ1n) is 7.90. The Balaban J connectivity index is -0.0000000944. The number of benzene rings is 1. The monoisotopic (exact) mass is 785 g/mol. The Morgan fingerprint density at radius 1 is 0.548 bits per heavy atom. The Hall–Kier alpha value is -0.740. The van der Waals surface area contributed by atoms with Crippen LogP contribution in [0, 0.1) is 0 Å². The maximum Gasteiger partial charge on any atom is 0.507 e. The van der Waals surface area contributed by atoms with E-state index in [2.05, 4.69) is 5.32 Å². The SMILES string of the molecule is O=C(O)CNc1ccc(Cl)cc1.O=P(O)(O)F.O=P(O)(O)F.O=P(O)(O)F.O=P(O)(O)F.O=P(O)(O)F.O=P(O)(O)F. The molecule has 0 aromatic heterocycles. The molecule has 0 radical (unpaired) electrons. The molecule has 0 aliphatic rings. The predicted molar refractivity (Wildman–Crippen MR) is 126 cm³/mol. The molecule has 14 N–H and O–H groups in total. The summed E-state index contributed by atoms with van der Waals surface area (Å²) in [6.45, 7) is -0.0817. The fourth-order valence-electron chi connectivity index (χ4n) is 0.745. The zero-order chi connectivity index (χ0) is 36.0. The molecule has 0 fully saturated rings.